The summed E-state index contributed by atoms with van der Waals surface area (Å²) in [6.45, 7) is 5.35. The number of hydrogen-bond acceptors (Lipinski definition) is 3. The Bertz CT molecular complexity index is 554. The topological polar surface area (TPSA) is 49.2 Å². The van der Waals surface area contributed by atoms with Crippen molar-refractivity contribution in [1.82, 2.24) is 9.88 Å². The van der Waals surface area contributed by atoms with E-state index in [0.717, 1.165) is 18.5 Å². The zero-order chi connectivity index (χ0) is 12.4. The van der Waals surface area contributed by atoms with Crippen molar-refractivity contribution in [2.24, 2.45) is 0 Å². The molecule has 0 atom stereocenters. The number of rotatable bonds is 4. The minimum absolute atomic E-state index is 0.392. The monoisotopic (exact) mass is 234 g/mol. The molecule has 17 heavy (non-hydrogen) atoms. The molecule has 0 unspecified atom stereocenters. The van der Waals surface area contributed by atoms with Gasteiger partial charge in [-0.05, 0) is 45.0 Å². The molecule has 1 aromatic carbocycles. The van der Waals surface area contributed by atoms with E-state index < -0.39 is 5.76 Å². The number of benzene rings is 1. The Morgan fingerprint density at radius 1 is 1.41 bits per heavy atom. The molecule has 0 saturated carbocycles. The zero-order valence-corrected chi connectivity index (χ0v) is 10.5. The largest absolute Gasteiger partial charge is 0.417 e. The predicted molar refractivity (Wildman–Crippen MR) is 68.3 cm³/mol. The van der Waals surface area contributed by atoms with Crippen molar-refractivity contribution in [3.63, 3.8) is 0 Å². The molecule has 0 radical (unpaired) electrons. The number of oxazole rings is 1. The van der Waals surface area contributed by atoms with Gasteiger partial charge in [-0.1, -0.05) is 6.07 Å². The molecule has 0 amide bonds. The molecule has 2 rings (SSSR count). The first-order valence-electron chi connectivity index (χ1n) is 5.88. The van der Waals surface area contributed by atoms with Crippen molar-refractivity contribution in [1.29, 1.82) is 0 Å². The smallest absolute Gasteiger partial charge is 0.408 e. The molecule has 0 spiro atoms. The fourth-order valence-corrected chi connectivity index (χ4v) is 1.71. The summed E-state index contributed by atoms with van der Waals surface area (Å²) in [6, 6.07) is 6.40. The predicted octanol–water partition coefficient (Wildman–Crippen LogP) is 2.00. The standard InChI is InChI=1S/C13H18N2O2/c1-9(2)15(3)7-6-10-4-5-11-12(8-10)17-13(16)14-11/h4-5,8-9H,6-7H2,1-3H3,(H,14,16). The van der Waals surface area contributed by atoms with Gasteiger partial charge < -0.3 is 9.32 Å². The lowest BCUT2D eigenvalue weighted by atomic mass is 10.1. The third-order valence-electron chi connectivity index (χ3n) is 3.12. The van der Waals surface area contributed by atoms with Crippen molar-refractivity contribution in [3.05, 3.63) is 34.3 Å². The molecule has 1 aromatic heterocycles. The van der Waals surface area contributed by atoms with Gasteiger partial charge in [-0.25, -0.2) is 4.79 Å². The Labute approximate surface area is 100 Å². The Balaban J connectivity index is 2.11. The van der Waals surface area contributed by atoms with E-state index >= 15 is 0 Å². The van der Waals surface area contributed by atoms with Gasteiger partial charge in [0.15, 0.2) is 5.58 Å². The van der Waals surface area contributed by atoms with Gasteiger partial charge in [0, 0.05) is 12.6 Å². The second-order valence-corrected chi connectivity index (χ2v) is 4.67. The zero-order valence-electron chi connectivity index (χ0n) is 10.5. The van der Waals surface area contributed by atoms with Gasteiger partial charge in [0.25, 0.3) is 0 Å². The number of nitrogens with one attached hydrogen (secondary N) is 1. The molecule has 2 aromatic rings. The number of nitrogens with zero attached hydrogens (tertiary/aromatic N) is 1. The van der Waals surface area contributed by atoms with Crippen LogP contribution in [0, 0.1) is 0 Å². The molecular weight excluding hydrogens is 216 g/mol. The van der Waals surface area contributed by atoms with Gasteiger partial charge in [-0.3, -0.25) is 4.98 Å². The second-order valence-electron chi connectivity index (χ2n) is 4.67. The van der Waals surface area contributed by atoms with Crippen LogP contribution in [-0.4, -0.2) is 29.5 Å². The highest BCUT2D eigenvalue weighted by Crippen LogP contribution is 2.13. The summed E-state index contributed by atoms with van der Waals surface area (Å²) in [4.78, 5) is 16.0. The third-order valence-corrected chi connectivity index (χ3v) is 3.12. The van der Waals surface area contributed by atoms with Gasteiger partial charge in [0.2, 0.25) is 0 Å². The van der Waals surface area contributed by atoms with E-state index in [4.69, 9.17) is 4.42 Å². The summed E-state index contributed by atoms with van der Waals surface area (Å²) in [7, 11) is 2.11. The van der Waals surface area contributed by atoms with Crippen molar-refractivity contribution in [2.45, 2.75) is 26.3 Å². The summed E-state index contributed by atoms with van der Waals surface area (Å²) >= 11 is 0. The highest BCUT2D eigenvalue weighted by molar-refractivity contribution is 5.72. The first-order chi connectivity index (χ1) is 8.06. The van der Waals surface area contributed by atoms with Gasteiger partial charge in [-0.15, -0.1) is 0 Å². The molecular formula is C13H18N2O2. The number of aromatic nitrogens is 1. The Hall–Kier alpha value is -1.55. The molecule has 0 saturated heterocycles. The normalized spacial score (nSPS) is 11.8. The summed E-state index contributed by atoms with van der Waals surface area (Å²) in [5, 5.41) is 0. The van der Waals surface area contributed by atoms with Crippen LogP contribution < -0.4 is 5.76 Å². The first kappa shape index (κ1) is 11.9. The molecule has 92 valence electrons. The van der Waals surface area contributed by atoms with E-state index in [-0.39, 0.29) is 0 Å². The molecule has 0 aliphatic carbocycles. The Morgan fingerprint density at radius 2 is 2.18 bits per heavy atom. The fraction of sp³-hybridized carbons (Fsp3) is 0.462. The van der Waals surface area contributed by atoms with Crippen LogP contribution >= 0.6 is 0 Å². The molecule has 0 fully saturated rings. The van der Waals surface area contributed by atoms with E-state index in [0.29, 0.717) is 11.6 Å². The van der Waals surface area contributed by atoms with Crippen LogP contribution in [0.2, 0.25) is 0 Å². The molecule has 0 bridgehead atoms. The third kappa shape index (κ3) is 2.77. The Morgan fingerprint density at radius 3 is 2.88 bits per heavy atom. The fourth-order valence-electron chi connectivity index (χ4n) is 1.71. The molecule has 0 aliphatic heterocycles. The van der Waals surface area contributed by atoms with Gasteiger partial charge in [0.1, 0.15) is 0 Å². The molecule has 4 heteroatoms. The summed E-state index contributed by atoms with van der Waals surface area (Å²) in [5.74, 6) is -0.392. The SMILES string of the molecule is CC(C)N(C)CCc1ccc2[nH]c(=O)oc2c1. The second kappa shape index (κ2) is 4.75. The lowest BCUT2D eigenvalue weighted by Gasteiger charge is -2.20. The first-order valence-corrected chi connectivity index (χ1v) is 5.88. The maximum Gasteiger partial charge on any atom is 0.417 e. The van der Waals surface area contributed by atoms with Gasteiger partial charge >= 0.3 is 5.76 Å². The van der Waals surface area contributed by atoms with Crippen molar-refractivity contribution in [3.8, 4) is 0 Å². The summed E-state index contributed by atoms with van der Waals surface area (Å²) in [5.41, 5.74) is 2.59. The van der Waals surface area contributed by atoms with Crippen LogP contribution in [0.4, 0.5) is 0 Å². The molecule has 0 aliphatic rings. The quantitative estimate of drug-likeness (QED) is 0.880. The van der Waals surface area contributed by atoms with Crippen LogP contribution in [0.3, 0.4) is 0 Å². The van der Waals surface area contributed by atoms with E-state index in [1.54, 1.807) is 0 Å². The maximum atomic E-state index is 11.0. The van der Waals surface area contributed by atoms with Crippen LogP contribution in [0.15, 0.2) is 27.4 Å². The highest BCUT2D eigenvalue weighted by atomic mass is 16.4. The number of hydrogen-bond donors (Lipinski definition) is 1. The molecule has 1 heterocycles. The Kier molecular flexibility index (Phi) is 3.33. The lowest BCUT2D eigenvalue weighted by molar-refractivity contribution is 0.277. The van der Waals surface area contributed by atoms with Crippen molar-refractivity contribution >= 4 is 11.1 Å². The number of fused-ring (bicyclic) bond motifs is 1. The summed E-state index contributed by atoms with van der Waals surface area (Å²) < 4.78 is 5.04. The highest BCUT2D eigenvalue weighted by Gasteiger charge is 2.05. The molecule has 4 nitrogen and oxygen atoms in total. The van der Waals surface area contributed by atoms with Crippen LogP contribution in [-0.2, 0) is 6.42 Å². The van der Waals surface area contributed by atoms with Crippen LogP contribution in [0.5, 0.6) is 0 Å². The van der Waals surface area contributed by atoms with E-state index in [1.165, 1.54) is 5.56 Å². The average Bonchev–Trinajstić information content (AvgIpc) is 2.64. The van der Waals surface area contributed by atoms with Crippen LogP contribution in [0.1, 0.15) is 19.4 Å². The minimum Gasteiger partial charge on any atom is -0.408 e. The van der Waals surface area contributed by atoms with E-state index in [9.17, 15) is 4.79 Å². The number of aromatic amines is 1. The summed E-state index contributed by atoms with van der Waals surface area (Å²) in [6.07, 6.45) is 0.958. The van der Waals surface area contributed by atoms with Gasteiger partial charge in [-0.2, -0.15) is 0 Å². The maximum absolute atomic E-state index is 11.0. The van der Waals surface area contributed by atoms with Crippen molar-refractivity contribution < 1.29 is 4.42 Å². The van der Waals surface area contributed by atoms with Crippen LogP contribution in [0.25, 0.3) is 11.1 Å². The molecule has 1 N–H and O–H groups in total. The lowest BCUT2D eigenvalue weighted by Crippen LogP contribution is -2.28. The average molecular weight is 234 g/mol. The van der Waals surface area contributed by atoms with Gasteiger partial charge in [0.05, 0.1) is 5.52 Å². The number of H-pyrrole nitrogens is 1. The van der Waals surface area contributed by atoms with Crippen molar-refractivity contribution in [2.75, 3.05) is 13.6 Å². The van der Waals surface area contributed by atoms with E-state index in [2.05, 4.69) is 30.8 Å². The minimum atomic E-state index is -0.392. The van der Waals surface area contributed by atoms with E-state index in [1.807, 2.05) is 18.2 Å². The number of likely N-dealkylation sites (N-methyl/N-ethyl adjacent to an activating group) is 1.